The summed E-state index contributed by atoms with van der Waals surface area (Å²) in [5.74, 6) is 0.115. The molecule has 1 heterocycles. The van der Waals surface area contributed by atoms with Gasteiger partial charge in [-0.3, -0.25) is 0 Å². The molecule has 0 unspecified atom stereocenters. The minimum absolute atomic E-state index is 0.102. The van der Waals surface area contributed by atoms with Gasteiger partial charge in [0, 0.05) is 24.1 Å². The molecule has 2 rings (SSSR count). The van der Waals surface area contributed by atoms with Crippen LogP contribution in [0.25, 0.3) is 0 Å². The molecule has 0 spiro atoms. The van der Waals surface area contributed by atoms with E-state index < -0.39 is 18.9 Å². The highest BCUT2D eigenvalue weighted by Crippen LogP contribution is 2.31. The van der Waals surface area contributed by atoms with E-state index in [4.69, 9.17) is 14.0 Å². The molecule has 0 bridgehead atoms. The smallest absolute Gasteiger partial charge is 0.497 e. The first-order chi connectivity index (χ1) is 9.23. The molecule has 1 aromatic rings. The number of ether oxygens (including phenoxy) is 1. The van der Waals surface area contributed by atoms with Gasteiger partial charge in [0.1, 0.15) is 5.75 Å². The summed E-state index contributed by atoms with van der Waals surface area (Å²) in [6, 6.07) is 3.30. The SMILES string of the molecule is COc1cc(C(F)(F)F)ccc1B1OCC(C)(C)CO1. The average Bonchev–Trinajstić information content (AvgIpc) is 2.37. The zero-order chi connectivity index (χ0) is 15.0. The molecule has 1 aliphatic rings. The summed E-state index contributed by atoms with van der Waals surface area (Å²) >= 11 is 0. The first kappa shape index (κ1) is 15.2. The van der Waals surface area contributed by atoms with Gasteiger partial charge in [0.05, 0.1) is 12.7 Å². The molecule has 110 valence electrons. The number of hydrogen-bond donors (Lipinski definition) is 0. The Morgan fingerprint density at radius 2 is 1.80 bits per heavy atom. The van der Waals surface area contributed by atoms with Crippen LogP contribution in [0.15, 0.2) is 18.2 Å². The third-order valence-electron chi connectivity index (χ3n) is 3.07. The lowest BCUT2D eigenvalue weighted by molar-refractivity contribution is -0.137. The average molecular weight is 288 g/mol. The highest BCUT2D eigenvalue weighted by Gasteiger charge is 2.37. The third kappa shape index (κ3) is 3.27. The predicted molar refractivity (Wildman–Crippen MR) is 69.1 cm³/mol. The van der Waals surface area contributed by atoms with Gasteiger partial charge in [0.2, 0.25) is 0 Å². The van der Waals surface area contributed by atoms with Crippen LogP contribution in [0.1, 0.15) is 19.4 Å². The second-order valence-electron chi connectivity index (χ2n) is 5.57. The molecule has 0 amide bonds. The Morgan fingerprint density at radius 3 is 2.30 bits per heavy atom. The first-order valence-electron chi connectivity index (χ1n) is 6.21. The summed E-state index contributed by atoms with van der Waals surface area (Å²) in [7, 11) is 0.631. The number of benzene rings is 1. The lowest BCUT2D eigenvalue weighted by Crippen LogP contribution is -2.47. The largest absolute Gasteiger partial charge is 0.497 e. The van der Waals surface area contributed by atoms with Crippen LogP contribution in [-0.4, -0.2) is 27.4 Å². The quantitative estimate of drug-likeness (QED) is 0.782. The van der Waals surface area contributed by atoms with Crippen LogP contribution in [0, 0.1) is 5.41 Å². The molecule has 0 atom stereocenters. The maximum absolute atomic E-state index is 12.7. The Hall–Kier alpha value is -1.21. The van der Waals surface area contributed by atoms with Crippen molar-refractivity contribution in [3.05, 3.63) is 23.8 Å². The van der Waals surface area contributed by atoms with E-state index in [9.17, 15) is 13.2 Å². The van der Waals surface area contributed by atoms with E-state index in [2.05, 4.69) is 0 Å². The standard InChI is InChI=1S/C13H16BF3O3/c1-12(2)7-19-14(20-8-12)10-5-4-9(13(15,16)17)6-11(10)18-3/h4-6H,7-8H2,1-3H3. The van der Waals surface area contributed by atoms with E-state index in [1.54, 1.807) is 0 Å². The first-order valence-corrected chi connectivity index (χ1v) is 6.21. The van der Waals surface area contributed by atoms with E-state index >= 15 is 0 Å². The van der Waals surface area contributed by atoms with Crippen LogP contribution in [0.4, 0.5) is 13.2 Å². The molecule has 0 aliphatic carbocycles. The van der Waals surface area contributed by atoms with Gasteiger partial charge in [-0.05, 0) is 6.07 Å². The zero-order valence-electron chi connectivity index (χ0n) is 11.6. The van der Waals surface area contributed by atoms with Crippen molar-refractivity contribution in [1.82, 2.24) is 0 Å². The van der Waals surface area contributed by atoms with Crippen molar-refractivity contribution in [3.8, 4) is 5.75 Å². The zero-order valence-corrected chi connectivity index (χ0v) is 11.6. The number of halogens is 3. The van der Waals surface area contributed by atoms with Gasteiger partial charge >= 0.3 is 13.3 Å². The molecular weight excluding hydrogens is 272 g/mol. The van der Waals surface area contributed by atoms with Crippen molar-refractivity contribution in [3.63, 3.8) is 0 Å². The maximum atomic E-state index is 12.7. The van der Waals surface area contributed by atoms with Crippen molar-refractivity contribution in [2.75, 3.05) is 20.3 Å². The number of alkyl halides is 3. The van der Waals surface area contributed by atoms with E-state index in [1.807, 2.05) is 13.8 Å². The van der Waals surface area contributed by atoms with Crippen LogP contribution < -0.4 is 10.2 Å². The molecule has 7 heteroatoms. The summed E-state index contributed by atoms with van der Waals surface area (Å²) in [6.07, 6.45) is -4.40. The lowest BCUT2D eigenvalue weighted by atomic mass is 9.75. The van der Waals surface area contributed by atoms with E-state index in [0.717, 1.165) is 12.1 Å². The molecule has 1 saturated heterocycles. The van der Waals surface area contributed by atoms with Gasteiger partial charge in [0.25, 0.3) is 0 Å². The monoisotopic (exact) mass is 288 g/mol. The third-order valence-corrected chi connectivity index (χ3v) is 3.07. The van der Waals surface area contributed by atoms with E-state index in [-0.39, 0.29) is 11.2 Å². The summed E-state index contributed by atoms with van der Waals surface area (Å²) in [6.45, 7) is 4.93. The molecule has 0 N–H and O–H groups in total. The highest BCUT2D eigenvalue weighted by atomic mass is 19.4. The van der Waals surface area contributed by atoms with Crippen molar-refractivity contribution in [1.29, 1.82) is 0 Å². The minimum atomic E-state index is -4.40. The molecule has 20 heavy (non-hydrogen) atoms. The summed E-state index contributed by atoms with van der Waals surface area (Å²) in [5, 5.41) is 0. The van der Waals surface area contributed by atoms with Crippen LogP contribution >= 0.6 is 0 Å². The maximum Gasteiger partial charge on any atom is 0.497 e. The Labute approximate surface area is 116 Å². The van der Waals surface area contributed by atoms with Crippen LogP contribution in [-0.2, 0) is 15.5 Å². The predicted octanol–water partition coefficient (Wildman–Crippen LogP) is 2.48. The Kier molecular flexibility index (Phi) is 4.02. The fourth-order valence-electron chi connectivity index (χ4n) is 1.95. The molecule has 3 nitrogen and oxygen atoms in total. The van der Waals surface area contributed by atoms with Gasteiger partial charge in [-0.25, -0.2) is 0 Å². The van der Waals surface area contributed by atoms with E-state index in [0.29, 0.717) is 18.7 Å². The summed E-state index contributed by atoms with van der Waals surface area (Å²) in [5.41, 5.74) is -0.388. The Morgan fingerprint density at radius 1 is 1.20 bits per heavy atom. The van der Waals surface area contributed by atoms with Crippen molar-refractivity contribution >= 4 is 12.6 Å². The van der Waals surface area contributed by atoms with Crippen molar-refractivity contribution < 1.29 is 27.2 Å². The summed E-state index contributed by atoms with van der Waals surface area (Å²) in [4.78, 5) is 0. The van der Waals surface area contributed by atoms with Crippen LogP contribution in [0.2, 0.25) is 0 Å². The Bertz CT molecular complexity index is 478. The Balaban J connectivity index is 2.25. The van der Waals surface area contributed by atoms with Gasteiger partial charge in [-0.1, -0.05) is 26.0 Å². The number of methoxy groups -OCH3 is 1. The lowest BCUT2D eigenvalue weighted by Gasteiger charge is -2.33. The number of hydrogen-bond acceptors (Lipinski definition) is 3. The van der Waals surface area contributed by atoms with E-state index in [1.165, 1.54) is 13.2 Å². The fourth-order valence-corrected chi connectivity index (χ4v) is 1.95. The molecule has 0 radical (unpaired) electrons. The molecule has 1 aromatic carbocycles. The van der Waals surface area contributed by atoms with Crippen LogP contribution in [0.5, 0.6) is 5.75 Å². The van der Waals surface area contributed by atoms with Gasteiger partial charge in [0.15, 0.2) is 0 Å². The highest BCUT2D eigenvalue weighted by molar-refractivity contribution is 6.62. The normalized spacial score (nSPS) is 19.0. The fraction of sp³-hybridized carbons (Fsp3) is 0.538. The van der Waals surface area contributed by atoms with Crippen LogP contribution in [0.3, 0.4) is 0 Å². The minimum Gasteiger partial charge on any atom is -0.497 e. The molecular formula is C13H16BF3O3. The second kappa shape index (κ2) is 5.29. The van der Waals surface area contributed by atoms with Gasteiger partial charge in [-0.15, -0.1) is 0 Å². The van der Waals surface area contributed by atoms with Gasteiger partial charge < -0.3 is 14.0 Å². The summed E-state index contributed by atoms with van der Waals surface area (Å²) < 4.78 is 54.1. The molecule has 1 aliphatic heterocycles. The molecule has 1 fully saturated rings. The number of rotatable bonds is 2. The second-order valence-corrected chi connectivity index (χ2v) is 5.57. The van der Waals surface area contributed by atoms with Crippen molar-refractivity contribution in [2.24, 2.45) is 5.41 Å². The molecule has 0 aromatic heterocycles. The van der Waals surface area contributed by atoms with Gasteiger partial charge in [-0.2, -0.15) is 13.2 Å². The molecule has 0 saturated carbocycles. The topological polar surface area (TPSA) is 27.7 Å². The van der Waals surface area contributed by atoms with Crippen molar-refractivity contribution in [2.45, 2.75) is 20.0 Å².